The molecule has 1 amide bonds. The Kier molecular flexibility index (Phi) is 4.04. The largest absolute Gasteiger partial charge is 0.481 e. The van der Waals surface area contributed by atoms with Crippen LogP contribution in [0.3, 0.4) is 0 Å². The van der Waals surface area contributed by atoms with Gasteiger partial charge in [0.25, 0.3) is 0 Å². The van der Waals surface area contributed by atoms with Gasteiger partial charge in [0, 0.05) is 34.8 Å². The molecule has 1 aliphatic heterocycles. The number of amides is 1. The average molecular weight is 279 g/mol. The van der Waals surface area contributed by atoms with Gasteiger partial charge in [-0.3, -0.25) is 9.59 Å². The molecule has 4 nitrogen and oxygen atoms in total. The van der Waals surface area contributed by atoms with Crippen LogP contribution in [0.2, 0.25) is 0 Å². The molecule has 1 unspecified atom stereocenters. The van der Waals surface area contributed by atoms with E-state index in [4.69, 9.17) is 5.11 Å². The van der Waals surface area contributed by atoms with E-state index in [0.717, 1.165) is 4.88 Å². The lowest BCUT2D eigenvalue weighted by Crippen LogP contribution is -2.53. The Hall–Kier alpha value is -1.62. The summed E-state index contributed by atoms with van der Waals surface area (Å²) in [7, 11) is 0. The van der Waals surface area contributed by atoms with Crippen molar-refractivity contribution in [3.63, 3.8) is 0 Å². The SMILES string of the molecule is Cc1ccc(/C=C/C(=O)N2CC(C(C)C(=O)O)C2)s1. The van der Waals surface area contributed by atoms with Crippen LogP contribution in [0.1, 0.15) is 16.7 Å². The second-order valence-corrected chi connectivity index (χ2v) is 6.23. The van der Waals surface area contributed by atoms with Gasteiger partial charge in [-0.15, -0.1) is 11.3 Å². The van der Waals surface area contributed by atoms with Gasteiger partial charge in [-0.05, 0) is 25.1 Å². The van der Waals surface area contributed by atoms with Gasteiger partial charge in [-0.2, -0.15) is 0 Å². The van der Waals surface area contributed by atoms with Crippen molar-refractivity contribution in [1.29, 1.82) is 0 Å². The van der Waals surface area contributed by atoms with Crippen LogP contribution in [-0.2, 0) is 9.59 Å². The van der Waals surface area contributed by atoms with E-state index in [0.29, 0.717) is 13.1 Å². The predicted octanol–water partition coefficient (Wildman–Crippen LogP) is 2.25. The molecule has 19 heavy (non-hydrogen) atoms. The lowest BCUT2D eigenvalue weighted by Gasteiger charge is -2.40. The van der Waals surface area contributed by atoms with Crippen LogP contribution >= 0.6 is 11.3 Å². The summed E-state index contributed by atoms with van der Waals surface area (Å²) in [5.74, 6) is -1.13. The number of likely N-dealkylation sites (tertiary alicyclic amines) is 1. The fraction of sp³-hybridized carbons (Fsp3) is 0.429. The maximum atomic E-state index is 11.8. The van der Waals surface area contributed by atoms with Gasteiger partial charge in [0.2, 0.25) is 5.91 Å². The highest BCUT2D eigenvalue weighted by Crippen LogP contribution is 2.24. The first kappa shape index (κ1) is 13.8. The molecule has 0 saturated carbocycles. The maximum Gasteiger partial charge on any atom is 0.306 e. The molecule has 1 atom stereocenters. The first-order valence-electron chi connectivity index (χ1n) is 6.23. The Morgan fingerprint density at radius 2 is 2.16 bits per heavy atom. The molecule has 0 aliphatic carbocycles. The third-order valence-corrected chi connectivity index (χ3v) is 4.44. The summed E-state index contributed by atoms with van der Waals surface area (Å²) in [4.78, 5) is 26.6. The van der Waals surface area contributed by atoms with Crippen molar-refractivity contribution >= 4 is 29.3 Å². The molecule has 1 aromatic heterocycles. The molecule has 1 saturated heterocycles. The number of aryl methyl sites for hydroxylation is 1. The zero-order chi connectivity index (χ0) is 14.0. The third-order valence-electron chi connectivity index (χ3n) is 3.47. The molecular formula is C14H17NO3S. The standard InChI is InChI=1S/C14H17NO3S/c1-9-3-4-12(19-9)5-6-13(16)15-7-11(8-15)10(2)14(17)18/h3-6,10-11H,7-8H2,1-2H3,(H,17,18)/b6-5+. The molecule has 1 aromatic rings. The third kappa shape index (κ3) is 3.23. The topological polar surface area (TPSA) is 57.6 Å². The maximum absolute atomic E-state index is 11.8. The highest BCUT2D eigenvalue weighted by atomic mass is 32.1. The van der Waals surface area contributed by atoms with Crippen molar-refractivity contribution < 1.29 is 14.7 Å². The fourth-order valence-corrected chi connectivity index (χ4v) is 2.79. The van der Waals surface area contributed by atoms with Crippen LogP contribution in [0.5, 0.6) is 0 Å². The Labute approximate surface area is 116 Å². The number of carbonyl (C=O) groups is 2. The van der Waals surface area contributed by atoms with Gasteiger partial charge in [-0.25, -0.2) is 0 Å². The van der Waals surface area contributed by atoms with Crippen molar-refractivity contribution in [1.82, 2.24) is 4.90 Å². The first-order chi connectivity index (χ1) is 8.97. The number of rotatable bonds is 4. The molecule has 0 aromatic carbocycles. The van der Waals surface area contributed by atoms with E-state index in [2.05, 4.69) is 0 Å². The highest BCUT2D eigenvalue weighted by molar-refractivity contribution is 7.12. The number of hydrogen-bond acceptors (Lipinski definition) is 3. The van der Waals surface area contributed by atoms with Gasteiger partial charge in [-0.1, -0.05) is 6.92 Å². The first-order valence-corrected chi connectivity index (χ1v) is 7.05. The summed E-state index contributed by atoms with van der Waals surface area (Å²) >= 11 is 1.64. The van der Waals surface area contributed by atoms with Gasteiger partial charge in [0.05, 0.1) is 5.92 Å². The fourth-order valence-electron chi connectivity index (χ4n) is 2.01. The Morgan fingerprint density at radius 1 is 1.47 bits per heavy atom. The van der Waals surface area contributed by atoms with Crippen LogP contribution in [0.4, 0.5) is 0 Å². The molecule has 0 spiro atoms. The minimum Gasteiger partial charge on any atom is -0.481 e. The van der Waals surface area contributed by atoms with Crippen LogP contribution in [0.15, 0.2) is 18.2 Å². The number of aliphatic carboxylic acids is 1. The van der Waals surface area contributed by atoms with E-state index in [1.54, 1.807) is 29.2 Å². The smallest absolute Gasteiger partial charge is 0.306 e. The summed E-state index contributed by atoms with van der Waals surface area (Å²) in [6.45, 7) is 4.80. The highest BCUT2D eigenvalue weighted by Gasteiger charge is 2.36. The summed E-state index contributed by atoms with van der Waals surface area (Å²) in [5, 5.41) is 8.88. The van der Waals surface area contributed by atoms with Crippen LogP contribution in [0.25, 0.3) is 6.08 Å². The number of carboxylic acid groups (broad SMARTS) is 1. The Balaban J connectivity index is 1.83. The van der Waals surface area contributed by atoms with E-state index < -0.39 is 5.97 Å². The van der Waals surface area contributed by atoms with Crippen molar-refractivity contribution in [3.05, 3.63) is 28.0 Å². The second-order valence-electron chi connectivity index (χ2n) is 4.91. The van der Waals surface area contributed by atoms with E-state index in [1.807, 2.05) is 25.1 Å². The van der Waals surface area contributed by atoms with Crippen LogP contribution < -0.4 is 0 Å². The Morgan fingerprint density at radius 3 is 2.68 bits per heavy atom. The van der Waals surface area contributed by atoms with Gasteiger partial charge < -0.3 is 10.0 Å². The number of hydrogen-bond donors (Lipinski definition) is 1. The molecule has 2 rings (SSSR count). The van der Waals surface area contributed by atoms with Crippen molar-refractivity contribution in [2.45, 2.75) is 13.8 Å². The average Bonchev–Trinajstić information content (AvgIpc) is 2.70. The lowest BCUT2D eigenvalue weighted by atomic mass is 9.87. The van der Waals surface area contributed by atoms with E-state index in [9.17, 15) is 9.59 Å². The van der Waals surface area contributed by atoms with Crippen molar-refractivity contribution in [3.8, 4) is 0 Å². The molecule has 1 fully saturated rings. The molecule has 1 aliphatic rings. The molecule has 2 heterocycles. The minimum absolute atomic E-state index is 0.0418. The van der Waals surface area contributed by atoms with Crippen molar-refractivity contribution in [2.75, 3.05) is 13.1 Å². The number of thiophene rings is 1. The summed E-state index contributed by atoms with van der Waals surface area (Å²) in [6.07, 6.45) is 3.38. The molecule has 5 heteroatoms. The minimum atomic E-state index is -0.790. The summed E-state index contributed by atoms with van der Waals surface area (Å²) in [6, 6.07) is 4.00. The zero-order valence-corrected chi connectivity index (χ0v) is 11.8. The number of nitrogens with zero attached hydrogens (tertiary/aromatic N) is 1. The number of carboxylic acids is 1. The second kappa shape index (κ2) is 5.57. The quantitative estimate of drug-likeness (QED) is 0.860. The van der Waals surface area contributed by atoms with Crippen molar-refractivity contribution in [2.24, 2.45) is 11.8 Å². The molecule has 0 bridgehead atoms. The van der Waals surface area contributed by atoms with Gasteiger partial charge in [0.1, 0.15) is 0 Å². The zero-order valence-electron chi connectivity index (χ0n) is 11.0. The summed E-state index contributed by atoms with van der Waals surface area (Å²) in [5.41, 5.74) is 0. The Bertz CT molecular complexity index is 515. The van der Waals surface area contributed by atoms with E-state index >= 15 is 0 Å². The molecular weight excluding hydrogens is 262 g/mol. The normalized spacial score (nSPS) is 17.5. The molecule has 1 N–H and O–H groups in total. The monoisotopic (exact) mass is 279 g/mol. The molecule has 0 radical (unpaired) electrons. The van der Waals surface area contributed by atoms with Crippen LogP contribution in [0, 0.1) is 18.8 Å². The van der Waals surface area contributed by atoms with E-state index in [-0.39, 0.29) is 17.7 Å². The summed E-state index contributed by atoms with van der Waals surface area (Å²) < 4.78 is 0. The van der Waals surface area contributed by atoms with Gasteiger partial charge >= 0.3 is 5.97 Å². The molecule has 102 valence electrons. The lowest BCUT2D eigenvalue weighted by molar-refractivity contribution is -0.148. The van der Waals surface area contributed by atoms with Crippen LogP contribution in [-0.4, -0.2) is 35.0 Å². The predicted molar refractivity (Wildman–Crippen MR) is 75.0 cm³/mol. The van der Waals surface area contributed by atoms with Gasteiger partial charge in [0.15, 0.2) is 0 Å². The van der Waals surface area contributed by atoms with E-state index in [1.165, 1.54) is 4.88 Å². The number of carbonyl (C=O) groups excluding carboxylic acids is 1.